The number of benzene rings is 1. The molecule has 2 heterocycles. The average molecular weight is 470 g/mol. The molecule has 0 amide bonds. The van der Waals surface area contributed by atoms with E-state index < -0.39 is 0 Å². The van der Waals surface area contributed by atoms with Gasteiger partial charge < -0.3 is 25.0 Å². The van der Waals surface area contributed by atoms with Crippen molar-refractivity contribution in [1.29, 1.82) is 0 Å². The molecule has 0 saturated heterocycles. The van der Waals surface area contributed by atoms with Gasteiger partial charge in [-0.2, -0.15) is 0 Å². The summed E-state index contributed by atoms with van der Waals surface area (Å²) in [5.41, 5.74) is 2.12. The Hall–Kier alpha value is -2.41. The standard InChI is InChI=1S/C28H40N2O4/c1-4-5-6-25-10-11-26(34-25)9-7-22-8-12-27(32)28(15-22)33-14-13-24-16-23(19-30-24)20(2)17-29-18-21(3)31/h8,10-12,15-16,19-21,25,29,31,34H,4-7,9,13-14,17-18H2,1-3H3/p+1/t20-,21+,25?/m1/s1. The van der Waals surface area contributed by atoms with E-state index in [0.29, 0.717) is 37.3 Å². The molecule has 2 aliphatic heterocycles. The number of aliphatic hydroxyl groups is 3. The molecule has 0 aliphatic carbocycles. The number of allylic oxidation sites excluding steroid dienone is 1. The molecule has 1 aromatic carbocycles. The van der Waals surface area contributed by atoms with Crippen LogP contribution in [0.1, 0.15) is 58.4 Å². The van der Waals surface area contributed by atoms with Gasteiger partial charge in [0.1, 0.15) is 30.9 Å². The number of phenols is 1. The van der Waals surface area contributed by atoms with Crippen LogP contribution in [0.4, 0.5) is 0 Å². The number of aromatic hydroxyl groups is 1. The number of ether oxygens (including phenoxy) is 2. The fourth-order valence-electron chi connectivity index (χ4n) is 4.07. The van der Waals surface area contributed by atoms with Crippen molar-refractivity contribution in [2.24, 2.45) is 10.9 Å². The minimum atomic E-state index is -0.344. The van der Waals surface area contributed by atoms with Gasteiger partial charge in [0.15, 0.2) is 17.2 Å². The molecule has 4 N–H and O–H groups in total. The maximum atomic E-state index is 10.2. The number of aryl methyl sites for hydroxylation is 1. The second-order valence-corrected chi connectivity index (χ2v) is 9.39. The fourth-order valence-corrected chi connectivity index (χ4v) is 4.07. The van der Waals surface area contributed by atoms with Crippen molar-refractivity contribution >= 4 is 6.21 Å². The van der Waals surface area contributed by atoms with Crippen molar-refractivity contribution in [2.45, 2.75) is 71.5 Å². The molecular formula is C28H41N2O4+. The molecule has 0 fully saturated rings. The van der Waals surface area contributed by atoms with E-state index in [4.69, 9.17) is 9.47 Å². The van der Waals surface area contributed by atoms with E-state index in [0.717, 1.165) is 43.2 Å². The Morgan fingerprint density at radius 1 is 1.26 bits per heavy atom. The van der Waals surface area contributed by atoms with Crippen molar-refractivity contribution in [3.8, 4) is 11.5 Å². The predicted octanol–water partition coefficient (Wildman–Crippen LogP) is 4.43. The van der Waals surface area contributed by atoms with Crippen LogP contribution in [0.5, 0.6) is 11.5 Å². The van der Waals surface area contributed by atoms with Crippen LogP contribution in [0, 0.1) is 17.9 Å². The zero-order valence-electron chi connectivity index (χ0n) is 20.8. The van der Waals surface area contributed by atoms with Gasteiger partial charge in [-0.3, -0.25) is 0 Å². The van der Waals surface area contributed by atoms with Crippen LogP contribution in [-0.4, -0.2) is 53.1 Å². The summed E-state index contributed by atoms with van der Waals surface area (Å²) in [6.07, 6.45) is 15.6. The molecule has 34 heavy (non-hydrogen) atoms. The van der Waals surface area contributed by atoms with E-state index in [1.165, 1.54) is 18.8 Å². The Morgan fingerprint density at radius 2 is 2.12 bits per heavy atom. The molecule has 0 spiro atoms. The maximum absolute atomic E-state index is 10.2. The number of hydrogen-bond donors (Lipinski definition) is 3. The van der Waals surface area contributed by atoms with Crippen molar-refractivity contribution in [2.75, 3.05) is 19.7 Å². The number of nitrogens with one attached hydrogen (secondary N) is 1. The predicted molar refractivity (Wildman–Crippen MR) is 138 cm³/mol. The summed E-state index contributed by atoms with van der Waals surface area (Å²) in [4.78, 5) is 4.51. The monoisotopic (exact) mass is 469 g/mol. The number of nitrogens with zero attached hydrogens (tertiary/aromatic N) is 1. The zero-order chi connectivity index (χ0) is 24.3. The highest BCUT2D eigenvalue weighted by molar-refractivity contribution is 5.82. The molecule has 1 unspecified atom stereocenters. The summed E-state index contributed by atoms with van der Waals surface area (Å²) in [5, 5.41) is 22.9. The van der Waals surface area contributed by atoms with Crippen molar-refractivity contribution in [3.05, 3.63) is 59.7 Å². The van der Waals surface area contributed by atoms with Crippen molar-refractivity contribution in [1.82, 2.24) is 5.32 Å². The number of aliphatic hydroxyl groups excluding tert-OH is 1. The summed E-state index contributed by atoms with van der Waals surface area (Å²) in [6, 6.07) is 5.60. The third-order valence-corrected chi connectivity index (χ3v) is 6.18. The molecule has 6 nitrogen and oxygen atoms in total. The summed E-state index contributed by atoms with van der Waals surface area (Å²) < 4.78 is 10.7. The Kier molecular flexibility index (Phi) is 10.4. The van der Waals surface area contributed by atoms with Crippen LogP contribution >= 0.6 is 0 Å². The van der Waals surface area contributed by atoms with Gasteiger partial charge in [0.2, 0.25) is 0 Å². The van der Waals surface area contributed by atoms with Gasteiger partial charge in [-0.1, -0.05) is 19.4 Å². The lowest BCUT2D eigenvalue weighted by Crippen LogP contribution is -2.30. The molecule has 1 aromatic rings. The Bertz CT molecular complexity index is 849. The molecule has 0 aromatic heterocycles. The Labute approximate surface area is 204 Å². The lowest BCUT2D eigenvalue weighted by Gasteiger charge is -2.17. The van der Waals surface area contributed by atoms with Crippen LogP contribution < -0.4 is 10.1 Å². The Morgan fingerprint density at radius 3 is 2.91 bits per heavy atom. The first kappa shape index (κ1) is 26.2. The summed E-state index contributed by atoms with van der Waals surface area (Å²) in [5.74, 6) is 2.18. The molecule has 0 radical (unpaired) electrons. The minimum absolute atomic E-state index is 0.162. The van der Waals surface area contributed by atoms with E-state index >= 15 is 0 Å². The highest BCUT2D eigenvalue weighted by Gasteiger charge is 2.27. The second-order valence-electron chi connectivity index (χ2n) is 9.39. The van der Waals surface area contributed by atoms with E-state index in [9.17, 15) is 10.2 Å². The molecule has 0 saturated carbocycles. The first-order chi connectivity index (χ1) is 16.4. The molecule has 6 heteroatoms. The average Bonchev–Trinajstić information content (AvgIpc) is 3.47. The summed E-state index contributed by atoms with van der Waals surface area (Å²) >= 11 is 0. The summed E-state index contributed by atoms with van der Waals surface area (Å²) in [6.45, 7) is 7.98. The van der Waals surface area contributed by atoms with Crippen LogP contribution in [0.2, 0.25) is 0 Å². The van der Waals surface area contributed by atoms with Gasteiger partial charge >= 0.3 is 0 Å². The van der Waals surface area contributed by atoms with E-state index in [-0.39, 0.29) is 11.9 Å². The van der Waals surface area contributed by atoms with Crippen molar-refractivity contribution in [3.63, 3.8) is 0 Å². The van der Waals surface area contributed by atoms with Crippen LogP contribution in [0.15, 0.2) is 47.1 Å². The lowest BCUT2D eigenvalue weighted by molar-refractivity contribution is -0.0480. The highest BCUT2D eigenvalue weighted by Crippen LogP contribution is 2.30. The van der Waals surface area contributed by atoms with E-state index in [1.807, 2.05) is 18.3 Å². The fraction of sp³-hybridized carbons (Fsp3) is 0.536. The van der Waals surface area contributed by atoms with Gasteiger partial charge in [0.25, 0.3) is 0 Å². The molecule has 186 valence electrons. The molecule has 0 bridgehead atoms. The second kappa shape index (κ2) is 13.5. The van der Waals surface area contributed by atoms with Gasteiger partial charge in [-0.25, -0.2) is 0 Å². The molecule has 3 rings (SSSR count). The maximum Gasteiger partial charge on any atom is 0.178 e. The molecule has 2 aliphatic rings. The third-order valence-electron chi connectivity index (χ3n) is 6.18. The van der Waals surface area contributed by atoms with Crippen LogP contribution in [0.25, 0.3) is 0 Å². The first-order valence-corrected chi connectivity index (χ1v) is 12.6. The highest BCUT2D eigenvalue weighted by atomic mass is 16.5. The first-order valence-electron chi connectivity index (χ1n) is 12.6. The third kappa shape index (κ3) is 8.42. The number of phenolic OH excluding ortho intramolecular Hbond substituents is 1. The Balaban J connectivity index is 1.40. The topological polar surface area (TPSA) is 86.9 Å². The lowest BCUT2D eigenvalue weighted by atomic mass is 9.95. The number of hydrogen-bond acceptors (Lipinski definition) is 5. The molecular weight excluding hydrogens is 428 g/mol. The largest absolute Gasteiger partial charge is 0.504 e. The quantitative estimate of drug-likeness (QED) is 0.262. The minimum Gasteiger partial charge on any atom is -0.504 e. The van der Waals surface area contributed by atoms with Crippen molar-refractivity contribution < 1.29 is 19.7 Å². The summed E-state index contributed by atoms with van der Waals surface area (Å²) in [7, 11) is 0. The number of aliphatic imine (C=N–C) groups is 1. The SMILES string of the molecule is CCCCC1C=C[C-](CCc2ccc(O)c(OCCC3=C[C+]([C@H](C)CNC[C@H](C)O)C=N3)c2)[OH+]1. The van der Waals surface area contributed by atoms with Crippen LogP contribution in [0.3, 0.4) is 0 Å². The number of unbranched alkanes of at least 4 members (excludes halogenated alkanes) is 1. The van der Waals surface area contributed by atoms with E-state index in [1.54, 1.807) is 13.0 Å². The smallest absolute Gasteiger partial charge is 0.178 e. The number of rotatable bonds is 15. The van der Waals surface area contributed by atoms with Gasteiger partial charge in [-0.05, 0) is 50.8 Å². The molecule has 3 atom stereocenters. The van der Waals surface area contributed by atoms with Gasteiger partial charge in [-0.15, -0.1) is 17.1 Å². The van der Waals surface area contributed by atoms with Gasteiger partial charge in [0.05, 0.1) is 24.5 Å². The zero-order valence-corrected chi connectivity index (χ0v) is 20.8. The van der Waals surface area contributed by atoms with E-state index in [2.05, 4.69) is 42.4 Å². The normalized spacial score (nSPS) is 19.1. The van der Waals surface area contributed by atoms with Gasteiger partial charge in [0, 0.05) is 19.5 Å². The van der Waals surface area contributed by atoms with Crippen LogP contribution in [-0.2, 0) is 6.42 Å².